The maximum atomic E-state index is 12.0. The molecule has 2 N–H and O–H groups in total. The maximum absolute atomic E-state index is 12.0. The molecule has 4 nitrogen and oxygen atoms in total. The van der Waals surface area contributed by atoms with Crippen LogP contribution >= 0.6 is 11.6 Å². The Balaban J connectivity index is 1.47. The lowest BCUT2D eigenvalue weighted by molar-refractivity contribution is -0.121. The van der Waals surface area contributed by atoms with E-state index in [2.05, 4.69) is 5.32 Å². The molecule has 0 radical (unpaired) electrons. The summed E-state index contributed by atoms with van der Waals surface area (Å²) in [5.41, 5.74) is 2.70. The van der Waals surface area contributed by atoms with Crippen LogP contribution in [0.1, 0.15) is 23.7 Å². The molecule has 26 heavy (non-hydrogen) atoms. The Kier molecular flexibility index (Phi) is 6.10. The molecule has 0 unspecified atom stereocenters. The zero-order valence-corrected chi connectivity index (χ0v) is 14.9. The van der Waals surface area contributed by atoms with Crippen LogP contribution in [0.5, 0.6) is 0 Å². The van der Waals surface area contributed by atoms with Gasteiger partial charge in [0, 0.05) is 23.6 Å². The van der Waals surface area contributed by atoms with Crippen LogP contribution in [-0.2, 0) is 11.2 Å². The first kappa shape index (κ1) is 18.2. The molecule has 0 fully saturated rings. The molecule has 1 amide bonds. The standard InChI is InChI=1S/C21H20ClNO3/c22-18-4-1-3-15(13-18)6-11-21(25)23-14-19(24)16-7-9-17(10-8-16)20-5-2-12-26-20/h1-5,7-10,12-13,19,24H,6,11,14H2,(H,23,25)/t19-/m1/s1. The molecule has 0 saturated heterocycles. The van der Waals surface area contributed by atoms with Crippen molar-refractivity contribution in [3.05, 3.63) is 83.1 Å². The number of amides is 1. The molecule has 0 spiro atoms. The molecule has 2 aromatic carbocycles. The van der Waals surface area contributed by atoms with E-state index >= 15 is 0 Å². The van der Waals surface area contributed by atoms with Crippen molar-refractivity contribution in [2.45, 2.75) is 18.9 Å². The molecule has 0 saturated carbocycles. The van der Waals surface area contributed by atoms with Crippen molar-refractivity contribution in [2.75, 3.05) is 6.54 Å². The van der Waals surface area contributed by atoms with Crippen molar-refractivity contribution >= 4 is 17.5 Å². The highest BCUT2D eigenvalue weighted by molar-refractivity contribution is 6.30. The summed E-state index contributed by atoms with van der Waals surface area (Å²) < 4.78 is 5.34. The number of aliphatic hydroxyl groups excluding tert-OH is 1. The maximum Gasteiger partial charge on any atom is 0.220 e. The van der Waals surface area contributed by atoms with E-state index in [4.69, 9.17) is 16.0 Å². The highest BCUT2D eigenvalue weighted by Crippen LogP contribution is 2.22. The minimum absolute atomic E-state index is 0.101. The predicted molar refractivity (Wildman–Crippen MR) is 102 cm³/mol. The van der Waals surface area contributed by atoms with Crippen LogP contribution in [0.2, 0.25) is 5.02 Å². The summed E-state index contributed by atoms with van der Waals surface area (Å²) >= 11 is 5.93. The lowest BCUT2D eigenvalue weighted by Gasteiger charge is -2.13. The molecular formula is C21H20ClNO3. The van der Waals surface area contributed by atoms with Crippen molar-refractivity contribution in [1.29, 1.82) is 0 Å². The van der Waals surface area contributed by atoms with Crippen LogP contribution in [0, 0.1) is 0 Å². The predicted octanol–water partition coefficient (Wildman–Crippen LogP) is 4.38. The van der Waals surface area contributed by atoms with E-state index in [9.17, 15) is 9.90 Å². The van der Waals surface area contributed by atoms with E-state index in [0.717, 1.165) is 22.5 Å². The highest BCUT2D eigenvalue weighted by atomic mass is 35.5. The van der Waals surface area contributed by atoms with Gasteiger partial charge in [-0.2, -0.15) is 0 Å². The average molecular weight is 370 g/mol. The largest absolute Gasteiger partial charge is 0.464 e. The smallest absolute Gasteiger partial charge is 0.220 e. The molecule has 3 rings (SSSR count). The Bertz CT molecular complexity index is 844. The minimum atomic E-state index is -0.754. The Morgan fingerprint density at radius 1 is 1.12 bits per heavy atom. The zero-order valence-electron chi connectivity index (χ0n) is 14.2. The summed E-state index contributed by atoms with van der Waals surface area (Å²) in [5, 5.41) is 13.7. The van der Waals surface area contributed by atoms with Gasteiger partial charge < -0.3 is 14.8 Å². The molecular weight excluding hydrogens is 350 g/mol. The van der Waals surface area contributed by atoms with Gasteiger partial charge in [-0.05, 0) is 41.8 Å². The fourth-order valence-electron chi connectivity index (χ4n) is 2.68. The molecule has 1 aromatic heterocycles. The third kappa shape index (κ3) is 4.97. The van der Waals surface area contributed by atoms with Crippen LogP contribution < -0.4 is 5.32 Å². The fourth-order valence-corrected chi connectivity index (χ4v) is 2.89. The number of aryl methyl sites for hydroxylation is 1. The van der Waals surface area contributed by atoms with Gasteiger partial charge in [0.15, 0.2) is 0 Å². The van der Waals surface area contributed by atoms with Crippen LogP contribution in [0.25, 0.3) is 11.3 Å². The SMILES string of the molecule is O=C(CCc1cccc(Cl)c1)NC[C@@H](O)c1ccc(-c2ccco2)cc1. The summed E-state index contributed by atoms with van der Waals surface area (Å²) in [7, 11) is 0. The van der Waals surface area contributed by atoms with Gasteiger partial charge in [0.1, 0.15) is 5.76 Å². The number of aliphatic hydroxyl groups is 1. The molecule has 1 atom stereocenters. The zero-order chi connectivity index (χ0) is 18.4. The molecule has 0 aliphatic carbocycles. The van der Waals surface area contributed by atoms with E-state index in [1.54, 1.807) is 12.3 Å². The molecule has 5 heteroatoms. The molecule has 1 heterocycles. The van der Waals surface area contributed by atoms with E-state index in [-0.39, 0.29) is 12.5 Å². The number of nitrogens with one attached hydrogen (secondary N) is 1. The van der Waals surface area contributed by atoms with E-state index in [1.807, 2.05) is 54.6 Å². The lowest BCUT2D eigenvalue weighted by atomic mass is 10.1. The van der Waals surface area contributed by atoms with Gasteiger partial charge >= 0.3 is 0 Å². The Morgan fingerprint density at radius 3 is 2.62 bits per heavy atom. The number of hydrogen-bond donors (Lipinski definition) is 2. The van der Waals surface area contributed by atoms with Gasteiger partial charge in [-0.25, -0.2) is 0 Å². The first-order valence-corrected chi connectivity index (χ1v) is 8.82. The second kappa shape index (κ2) is 8.70. The molecule has 0 bridgehead atoms. The fraction of sp³-hybridized carbons (Fsp3) is 0.190. The Labute approximate surface area is 157 Å². The summed E-state index contributed by atoms with van der Waals surface area (Å²) in [4.78, 5) is 12.0. The van der Waals surface area contributed by atoms with Gasteiger partial charge in [0.25, 0.3) is 0 Å². The Morgan fingerprint density at radius 2 is 1.92 bits per heavy atom. The number of carbonyl (C=O) groups is 1. The van der Waals surface area contributed by atoms with E-state index < -0.39 is 6.10 Å². The number of benzene rings is 2. The lowest BCUT2D eigenvalue weighted by Crippen LogP contribution is -2.28. The second-order valence-electron chi connectivity index (χ2n) is 6.05. The van der Waals surface area contributed by atoms with Crippen molar-refractivity contribution in [2.24, 2.45) is 0 Å². The molecule has 3 aromatic rings. The number of halogens is 1. The number of hydrogen-bond acceptors (Lipinski definition) is 3. The summed E-state index contributed by atoms with van der Waals surface area (Å²) in [6.45, 7) is 0.175. The minimum Gasteiger partial charge on any atom is -0.464 e. The van der Waals surface area contributed by atoms with Crippen molar-refractivity contribution < 1.29 is 14.3 Å². The second-order valence-corrected chi connectivity index (χ2v) is 6.49. The summed E-state index contributed by atoms with van der Waals surface area (Å²) in [6.07, 6.45) is 1.83. The van der Waals surface area contributed by atoms with Gasteiger partial charge in [0.05, 0.1) is 12.4 Å². The quantitative estimate of drug-likeness (QED) is 0.649. The summed E-state index contributed by atoms with van der Waals surface area (Å²) in [5.74, 6) is 0.677. The summed E-state index contributed by atoms with van der Waals surface area (Å²) in [6, 6.07) is 18.6. The van der Waals surface area contributed by atoms with Crippen LogP contribution in [0.4, 0.5) is 0 Å². The number of rotatable bonds is 7. The van der Waals surface area contributed by atoms with Gasteiger partial charge in [-0.15, -0.1) is 0 Å². The van der Waals surface area contributed by atoms with Crippen LogP contribution in [0.15, 0.2) is 71.3 Å². The van der Waals surface area contributed by atoms with E-state index in [0.29, 0.717) is 17.9 Å². The van der Waals surface area contributed by atoms with Crippen LogP contribution in [-0.4, -0.2) is 17.6 Å². The number of carbonyl (C=O) groups excluding carboxylic acids is 1. The van der Waals surface area contributed by atoms with Gasteiger partial charge in [-0.3, -0.25) is 4.79 Å². The molecule has 0 aliphatic heterocycles. The Hall–Kier alpha value is -2.56. The van der Waals surface area contributed by atoms with Crippen molar-refractivity contribution in [1.82, 2.24) is 5.32 Å². The third-order valence-corrected chi connectivity index (χ3v) is 4.36. The van der Waals surface area contributed by atoms with E-state index in [1.165, 1.54) is 0 Å². The normalized spacial score (nSPS) is 11.9. The van der Waals surface area contributed by atoms with Crippen molar-refractivity contribution in [3.63, 3.8) is 0 Å². The van der Waals surface area contributed by atoms with Crippen molar-refractivity contribution in [3.8, 4) is 11.3 Å². The third-order valence-electron chi connectivity index (χ3n) is 4.12. The first-order chi connectivity index (χ1) is 12.6. The number of furan rings is 1. The highest BCUT2D eigenvalue weighted by Gasteiger charge is 2.10. The van der Waals surface area contributed by atoms with Gasteiger partial charge in [0.2, 0.25) is 5.91 Å². The first-order valence-electron chi connectivity index (χ1n) is 8.45. The topological polar surface area (TPSA) is 62.5 Å². The molecule has 134 valence electrons. The molecule has 0 aliphatic rings. The monoisotopic (exact) mass is 369 g/mol. The average Bonchev–Trinajstić information content (AvgIpc) is 3.19. The van der Waals surface area contributed by atoms with Gasteiger partial charge in [-0.1, -0.05) is 48.0 Å². The van der Waals surface area contributed by atoms with Crippen LogP contribution in [0.3, 0.4) is 0 Å².